The van der Waals surface area contributed by atoms with Crippen molar-refractivity contribution in [3.05, 3.63) is 0 Å². The van der Waals surface area contributed by atoms with E-state index in [9.17, 15) is 0 Å². The number of ether oxygens (including phenoxy) is 2. The Labute approximate surface area is 150 Å². The minimum absolute atomic E-state index is 0.253. The van der Waals surface area contributed by atoms with Crippen LogP contribution in [-0.2, 0) is 9.47 Å². The molecule has 0 bridgehead atoms. The monoisotopic (exact) mass is 339 g/mol. The second kappa shape index (κ2) is 9.00. The van der Waals surface area contributed by atoms with Crippen molar-refractivity contribution in [2.45, 2.75) is 85.4 Å². The molecule has 0 aromatic carbocycles. The summed E-state index contributed by atoms with van der Waals surface area (Å²) >= 11 is 0. The molecule has 2 aliphatic rings. The summed E-state index contributed by atoms with van der Waals surface area (Å²) in [7, 11) is 0. The van der Waals surface area contributed by atoms with E-state index in [2.05, 4.69) is 39.5 Å². The first-order valence-corrected chi connectivity index (χ1v) is 10.4. The van der Waals surface area contributed by atoms with Gasteiger partial charge in [0.1, 0.15) is 0 Å². The van der Waals surface area contributed by atoms with E-state index in [0.29, 0.717) is 11.3 Å². The predicted octanol–water partition coefficient (Wildman–Crippen LogP) is 5.09. The Morgan fingerprint density at radius 1 is 0.958 bits per heavy atom. The molecule has 1 saturated carbocycles. The van der Waals surface area contributed by atoms with Gasteiger partial charge < -0.3 is 14.4 Å². The Balaban J connectivity index is 1.78. The van der Waals surface area contributed by atoms with Crippen molar-refractivity contribution < 1.29 is 9.47 Å². The van der Waals surface area contributed by atoms with E-state index in [4.69, 9.17) is 9.47 Å². The van der Waals surface area contributed by atoms with Gasteiger partial charge in [-0.3, -0.25) is 0 Å². The first-order valence-electron chi connectivity index (χ1n) is 10.4. The van der Waals surface area contributed by atoms with Gasteiger partial charge in [-0.25, -0.2) is 0 Å². The second-order valence-corrected chi connectivity index (χ2v) is 8.82. The minimum atomic E-state index is -0.253. The van der Waals surface area contributed by atoms with Crippen LogP contribution < -0.4 is 0 Å². The highest BCUT2D eigenvalue weighted by atomic mass is 16.7. The maximum Gasteiger partial charge on any atom is 0.168 e. The maximum absolute atomic E-state index is 6.32. The van der Waals surface area contributed by atoms with E-state index >= 15 is 0 Å². The number of hydrogen-bond acceptors (Lipinski definition) is 3. The lowest BCUT2D eigenvalue weighted by atomic mass is 9.68. The van der Waals surface area contributed by atoms with E-state index < -0.39 is 0 Å². The summed E-state index contributed by atoms with van der Waals surface area (Å²) < 4.78 is 12.6. The van der Waals surface area contributed by atoms with Gasteiger partial charge in [0.25, 0.3) is 0 Å². The van der Waals surface area contributed by atoms with Crippen LogP contribution in [0.15, 0.2) is 0 Å². The van der Waals surface area contributed by atoms with Crippen molar-refractivity contribution in [2.24, 2.45) is 17.3 Å². The molecule has 2 fully saturated rings. The zero-order chi connectivity index (χ0) is 17.6. The fraction of sp³-hybridized carbons (Fsp3) is 1.00. The predicted molar refractivity (Wildman–Crippen MR) is 101 cm³/mol. The van der Waals surface area contributed by atoms with Gasteiger partial charge in [-0.15, -0.1) is 0 Å². The van der Waals surface area contributed by atoms with Crippen LogP contribution in [0.5, 0.6) is 0 Å². The average Bonchev–Trinajstić information content (AvgIpc) is 2.58. The Bertz CT molecular complexity index is 345. The molecule has 1 aliphatic heterocycles. The normalized spacial score (nSPS) is 31.8. The number of rotatable bonds is 8. The van der Waals surface area contributed by atoms with Crippen molar-refractivity contribution in [2.75, 3.05) is 32.8 Å². The van der Waals surface area contributed by atoms with Gasteiger partial charge in [-0.2, -0.15) is 0 Å². The third kappa shape index (κ3) is 5.19. The van der Waals surface area contributed by atoms with E-state index in [1.807, 2.05) is 0 Å². The van der Waals surface area contributed by atoms with Crippen LogP contribution in [0, 0.1) is 17.3 Å². The van der Waals surface area contributed by atoms with E-state index in [1.165, 1.54) is 45.2 Å². The maximum atomic E-state index is 6.32. The molecule has 1 spiro atoms. The molecule has 1 saturated heterocycles. The van der Waals surface area contributed by atoms with Gasteiger partial charge in [0.2, 0.25) is 0 Å². The van der Waals surface area contributed by atoms with Gasteiger partial charge in [-0.05, 0) is 50.1 Å². The molecule has 3 heteroatoms. The Morgan fingerprint density at radius 3 is 1.96 bits per heavy atom. The van der Waals surface area contributed by atoms with Crippen molar-refractivity contribution in [3.8, 4) is 0 Å². The molecule has 0 unspecified atom stereocenters. The molecule has 0 radical (unpaired) electrons. The minimum Gasteiger partial charge on any atom is -0.350 e. The standard InChI is InChI=1S/C21H41NO2/c1-6-13-22(14-7-2)15-18-16-23-21(24-17-18)11-9-19(10-12-21)20(4,5)8-3/h18-19H,6-17H2,1-5H3. The van der Waals surface area contributed by atoms with Gasteiger partial charge in [-0.1, -0.05) is 41.0 Å². The molecule has 3 nitrogen and oxygen atoms in total. The molecule has 0 amide bonds. The van der Waals surface area contributed by atoms with Crippen molar-refractivity contribution in [1.29, 1.82) is 0 Å². The third-order valence-electron chi connectivity index (χ3n) is 6.52. The second-order valence-electron chi connectivity index (χ2n) is 8.82. The molecule has 24 heavy (non-hydrogen) atoms. The zero-order valence-corrected chi connectivity index (χ0v) is 16.9. The lowest BCUT2D eigenvalue weighted by molar-refractivity contribution is -0.301. The van der Waals surface area contributed by atoms with E-state index in [1.54, 1.807) is 0 Å². The highest BCUT2D eigenvalue weighted by Gasteiger charge is 2.43. The average molecular weight is 340 g/mol. The van der Waals surface area contributed by atoms with Crippen LogP contribution in [0.1, 0.15) is 79.6 Å². The molecule has 0 atom stereocenters. The summed E-state index contributed by atoms with van der Waals surface area (Å²) in [6, 6.07) is 0. The van der Waals surface area contributed by atoms with Crippen LogP contribution in [0.3, 0.4) is 0 Å². The lowest BCUT2D eigenvalue weighted by Crippen LogP contribution is -2.50. The molecule has 142 valence electrons. The molecule has 1 heterocycles. The van der Waals surface area contributed by atoms with Crippen LogP contribution in [0.25, 0.3) is 0 Å². The van der Waals surface area contributed by atoms with Crippen molar-refractivity contribution in [1.82, 2.24) is 4.90 Å². The smallest absolute Gasteiger partial charge is 0.168 e. The molecular weight excluding hydrogens is 298 g/mol. The molecular formula is C21H41NO2. The quantitative estimate of drug-likeness (QED) is 0.614. The summed E-state index contributed by atoms with van der Waals surface area (Å²) in [5.74, 6) is 1.11. The molecule has 0 N–H and O–H groups in total. The first kappa shape index (κ1) is 20.2. The Morgan fingerprint density at radius 2 is 1.50 bits per heavy atom. The van der Waals surface area contributed by atoms with Gasteiger partial charge >= 0.3 is 0 Å². The summed E-state index contributed by atoms with van der Waals surface area (Å²) in [4.78, 5) is 2.58. The molecule has 0 aromatic heterocycles. The fourth-order valence-corrected chi connectivity index (χ4v) is 4.44. The first-order chi connectivity index (χ1) is 11.4. The van der Waals surface area contributed by atoms with Crippen LogP contribution in [0.2, 0.25) is 0 Å². The summed E-state index contributed by atoms with van der Waals surface area (Å²) in [6.07, 6.45) is 8.40. The van der Waals surface area contributed by atoms with E-state index in [0.717, 1.165) is 38.5 Å². The lowest BCUT2D eigenvalue weighted by Gasteiger charge is -2.47. The fourth-order valence-electron chi connectivity index (χ4n) is 4.44. The Kier molecular flexibility index (Phi) is 7.58. The summed E-state index contributed by atoms with van der Waals surface area (Å²) in [6.45, 7) is 17.0. The van der Waals surface area contributed by atoms with Gasteiger partial charge in [0, 0.05) is 25.3 Å². The van der Waals surface area contributed by atoms with Crippen molar-refractivity contribution >= 4 is 0 Å². The number of nitrogens with zero attached hydrogens (tertiary/aromatic N) is 1. The highest BCUT2D eigenvalue weighted by Crippen LogP contribution is 2.46. The van der Waals surface area contributed by atoms with Gasteiger partial charge in [0.05, 0.1) is 13.2 Å². The SMILES string of the molecule is CCCN(CCC)CC1COC2(CCC(C(C)(C)CC)CC2)OC1. The number of hydrogen-bond donors (Lipinski definition) is 0. The van der Waals surface area contributed by atoms with Crippen LogP contribution in [0.4, 0.5) is 0 Å². The van der Waals surface area contributed by atoms with Crippen LogP contribution >= 0.6 is 0 Å². The molecule has 1 aliphatic carbocycles. The van der Waals surface area contributed by atoms with Crippen molar-refractivity contribution in [3.63, 3.8) is 0 Å². The van der Waals surface area contributed by atoms with Crippen LogP contribution in [-0.4, -0.2) is 43.5 Å². The largest absolute Gasteiger partial charge is 0.350 e. The van der Waals surface area contributed by atoms with Gasteiger partial charge in [0.15, 0.2) is 5.79 Å². The highest BCUT2D eigenvalue weighted by molar-refractivity contribution is 4.88. The Hall–Kier alpha value is -0.120. The molecule has 2 rings (SSSR count). The van der Waals surface area contributed by atoms with E-state index in [-0.39, 0.29) is 5.79 Å². The summed E-state index contributed by atoms with van der Waals surface area (Å²) in [5, 5.41) is 0. The summed E-state index contributed by atoms with van der Waals surface area (Å²) in [5.41, 5.74) is 0.458. The third-order valence-corrected chi connectivity index (χ3v) is 6.52. The topological polar surface area (TPSA) is 21.7 Å². The molecule has 0 aromatic rings. The zero-order valence-electron chi connectivity index (χ0n) is 16.9.